The number of carbonyl (C=O) groups is 1. The highest BCUT2D eigenvalue weighted by Crippen LogP contribution is 2.22. The molecule has 7 heteroatoms. The van der Waals surface area contributed by atoms with Crippen molar-refractivity contribution in [1.82, 2.24) is 24.8 Å². The molecule has 2 aliphatic heterocycles. The fourth-order valence-corrected chi connectivity index (χ4v) is 4.06. The number of piperazine rings is 1. The summed E-state index contributed by atoms with van der Waals surface area (Å²) in [6, 6.07) is 10.5. The molecule has 0 N–H and O–H groups in total. The highest BCUT2D eigenvalue weighted by Gasteiger charge is 2.34. The van der Waals surface area contributed by atoms with Crippen LogP contribution in [0.3, 0.4) is 0 Å². The van der Waals surface area contributed by atoms with Crippen molar-refractivity contribution in [2.75, 3.05) is 32.7 Å². The van der Waals surface area contributed by atoms with Crippen LogP contribution in [0.15, 0.2) is 34.9 Å². The van der Waals surface area contributed by atoms with Gasteiger partial charge in [0.1, 0.15) is 0 Å². The lowest BCUT2D eigenvalue weighted by molar-refractivity contribution is -0.138. The number of benzene rings is 1. The van der Waals surface area contributed by atoms with Gasteiger partial charge in [0.15, 0.2) is 5.82 Å². The molecule has 1 atom stereocenters. The normalized spacial score (nSPS) is 21.7. The average Bonchev–Trinajstić information content (AvgIpc) is 3.31. The summed E-state index contributed by atoms with van der Waals surface area (Å²) in [6.45, 7) is 7.59. The quantitative estimate of drug-likeness (QED) is 0.799. The Morgan fingerprint density at radius 2 is 1.89 bits per heavy atom. The number of aryl methyl sites for hydroxylation is 1. The molecule has 0 saturated carbocycles. The van der Waals surface area contributed by atoms with Gasteiger partial charge in [-0.25, -0.2) is 0 Å². The molecular weight excluding hydrogens is 342 g/mol. The van der Waals surface area contributed by atoms with Crippen molar-refractivity contribution in [3.05, 3.63) is 47.6 Å². The summed E-state index contributed by atoms with van der Waals surface area (Å²) in [5.41, 5.74) is 1.28. The van der Waals surface area contributed by atoms with Crippen LogP contribution in [-0.2, 0) is 17.9 Å². The fourth-order valence-electron chi connectivity index (χ4n) is 4.06. The second-order valence-corrected chi connectivity index (χ2v) is 7.45. The Hall–Kier alpha value is -2.25. The zero-order valence-electron chi connectivity index (χ0n) is 15.9. The molecular formula is C20H27N5O2. The Morgan fingerprint density at radius 1 is 1.11 bits per heavy atom. The average molecular weight is 369 g/mol. The van der Waals surface area contributed by atoms with Gasteiger partial charge in [-0.2, -0.15) is 4.98 Å². The molecule has 3 heterocycles. The Kier molecular flexibility index (Phi) is 5.50. The van der Waals surface area contributed by atoms with E-state index in [2.05, 4.69) is 44.2 Å². The van der Waals surface area contributed by atoms with Crippen LogP contribution in [0.2, 0.25) is 0 Å². The third-order valence-electron chi connectivity index (χ3n) is 5.50. The minimum absolute atomic E-state index is 0.0246. The molecule has 0 radical (unpaired) electrons. The van der Waals surface area contributed by atoms with Crippen LogP contribution in [-0.4, -0.2) is 69.5 Å². The first-order valence-corrected chi connectivity index (χ1v) is 9.77. The maximum absolute atomic E-state index is 13.1. The SMILES string of the molecule is Cc1nc(CN2CCN(C(=O)C3CCCN3Cc3ccccc3)CC2)no1. The molecule has 7 nitrogen and oxygen atoms in total. The van der Waals surface area contributed by atoms with E-state index in [1.165, 1.54) is 5.56 Å². The lowest BCUT2D eigenvalue weighted by atomic mass is 10.1. The number of nitrogens with zero attached hydrogens (tertiary/aromatic N) is 5. The Labute approximate surface area is 159 Å². The number of amides is 1. The number of rotatable bonds is 5. The first-order chi connectivity index (χ1) is 13.2. The van der Waals surface area contributed by atoms with Gasteiger partial charge in [0, 0.05) is 39.6 Å². The largest absolute Gasteiger partial charge is 0.340 e. The maximum atomic E-state index is 13.1. The summed E-state index contributed by atoms with van der Waals surface area (Å²) in [6.07, 6.45) is 2.06. The summed E-state index contributed by atoms with van der Waals surface area (Å²) in [4.78, 5) is 24.0. The lowest BCUT2D eigenvalue weighted by Gasteiger charge is -2.37. The molecule has 1 aromatic carbocycles. The van der Waals surface area contributed by atoms with E-state index in [4.69, 9.17) is 4.52 Å². The smallest absolute Gasteiger partial charge is 0.240 e. The maximum Gasteiger partial charge on any atom is 0.240 e. The summed E-state index contributed by atoms with van der Waals surface area (Å²) in [5, 5.41) is 3.96. The Balaban J connectivity index is 1.30. The van der Waals surface area contributed by atoms with E-state index in [-0.39, 0.29) is 6.04 Å². The van der Waals surface area contributed by atoms with Crippen molar-refractivity contribution in [2.24, 2.45) is 0 Å². The van der Waals surface area contributed by atoms with Crippen LogP contribution < -0.4 is 0 Å². The molecule has 1 unspecified atom stereocenters. The summed E-state index contributed by atoms with van der Waals surface area (Å²) in [5.74, 6) is 1.61. The van der Waals surface area contributed by atoms with Gasteiger partial charge in [-0.05, 0) is 24.9 Å². The lowest BCUT2D eigenvalue weighted by Crippen LogP contribution is -2.53. The molecule has 0 bridgehead atoms. The van der Waals surface area contributed by atoms with Gasteiger partial charge in [-0.15, -0.1) is 0 Å². The van der Waals surface area contributed by atoms with Crippen LogP contribution in [0, 0.1) is 6.92 Å². The van der Waals surface area contributed by atoms with Gasteiger partial charge in [-0.3, -0.25) is 14.6 Å². The minimum Gasteiger partial charge on any atom is -0.340 e. The molecule has 0 spiro atoms. The first kappa shape index (κ1) is 18.1. The van der Waals surface area contributed by atoms with E-state index in [0.717, 1.165) is 57.9 Å². The Bertz CT molecular complexity index is 755. The van der Waals surface area contributed by atoms with Crippen LogP contribution >= 0.6 is 0 Å². The number of carbonyl (C=O) groups excluding carboxylic acids is 1. The van der Waals surface area contributed by atoms with E-state index in [1.54, 1.807) is 6.92 Å². The van der Waals surface area contributed by atoms with E-state index < -0.39 is 0 Å². The van der Waals surface area contributed by atoms with Gasteiger partial charge in [-0.1, -0.05) is 35.5 Å². The van der Waals surface area contributed by atoms with Gasteiger partial charge in [0.2, 0.25) is 11.8 Å². The van der Waals surface area contributed by atoms with Gasteiger partial charge in [0.25, 0.3) is 0 Å². The number of likely N-dealkylation sites (tertiary alicyclic amines) is 1. The molecule has 0 aliphatic carbocycles. The molecule has 1 aromatic heterocycles. The van der Waals surface area contributed by atoms with Crippen LogP contribution in [0.4, 0.5) is 0 Å². The third-order valence-corrected chi connectivity index (χ3v) is 5.50. The zero-order valence-corrected chi connectivity index (χ0v) is 15.9. The second kappa shape index (κ2) is 8.19. The summed E-state index contributed by atoms with van der Waals surface area (Å²) in [7, 11) is 0. The standard InChI is InChI=1S/C20H27N5O2/c1-16-21-19(22-27-16)15-23-10-12-24(13-11-23)20(26)18-8-5-9-25(18)14-17-6-3-2-4-7-17/h2-4,6-7,18H,5,8-15H2,1H3. The monoisotopic (exact) mass is 369 g/mol. The molecule has 144 valence electrons. The highest BCUT2D eigenvalue weighted by molar-refractivity contribution is 5.82. The molecule has 1 amide bonds. The van der Waals surface area contributed by atoms with Gasteiger partial charge < -0.3 is 9.42 Å². The number of aromatic nitrogens is 2. The van der Waals surface area contributed by atoms with Crippen LogP contribution in [0.1, 0.15) is 30.1 Å². The summed E-state index contributed by atoms with van der Waals surface area (Å²) < 4.78 is 5.04. The van der Waals surface area contributed by atoms with Crippen molar-refractivity contribution >= 4 is 5.91 Å². The minimum atomic E-state index is 0.0246. The van der Waals surface area contributed by atoms with E-state index in [0.29, 0.717) is 18.3 Å². The zero-order chi connectivity index (χ0) is 18.6. The van der Waals surface area contributed by atoms with Crippen molar-refractivity contribution in [3.8, 4) is 0 Å². The van der Waals surface area contributed by atoms with Gasteiger partial charge >= 0.3 is 0 Å². The predicted molar refractivity (Wildman–Crippen MR) is 101 cm³/mol. The van der Waals surface area contributed by atoms with Crippen molar-refractivity contribution in [3.63, 3.8) is 0 Å². The molecule has 2 aliphatic rings. The van der Waals surface area contributed by atoms with Crippen LogP contribution in [0.25, 0.3) is 0 Å². The van der Waals surface area contributed by atoms with E-state index in [1.807, 2.05) is 11.0 Å². The topological polar surface area (TPSA) is 65.7 Å². The van der Waals surface area contributed by atoms with Crippen molar-refractivity contribution in [1.29, 1.82) is 0 Å². The highest BCUT2D eigenvalue weighted by atomic mass is 16.5. The number of hydrogen-bond acceptors (Lipinski definition) is 6. The van der Waals surface area contributed by atoms with Gasteiger partial charge in [0.05, 0.1) is 12.6 Å². The number of hydrogen-bond donors (Lipinski definition) is 0. The fraction of sp³-hybridized carbons (Fsp3) is 0.550. The molecule has 2 saturated heterocycles. The van der Waals surface area contributed by atoms with Crippen molar-refractivity contribution in [2.45, 2.75) is 38.9 Å². The van der Waals surface area contributed by atoms with Crippen molar-refractivity contribution < 1.29 is 9.32 Å². The first-order valence-electron chi connectivity index (χ1n) is 9.77. The Morgan fingerprint density at radius 3 is 2.59 bits per heavy atom. The molecule has 4 rings (SSSR count). The van der Waals surface area contributed by atoms with Crippen LogP contribution in [0.5, 0.6) is 0 Å². The van der Waals surface area contributed by atoms with E-state index in [9.17, 15) is 4.79 Å². The molecule has 27 heavy (non-hydrogen) atoms. The second-order valence-electron chi connectivity index (χ2n) is 7.45. The molecule has 2 fully saturated rings. The molecule has 2 aromatic rings. The van der Waals surface area contributed by atoms with E-state index >= 15 is 0 Å². The predicted octanol–water partition coefficient (Wildman–Crippen LogP) is 1.69. The third kappa shape index (κ3) is 4.36. The summed E-state index contributed by atoms with van der Waals surface area (Å²) >= 11 is 0.